The molecule has 2 aliphatic rings. The summed E-state index contributed by atoms with van der Waals surface area (Å²) in [4.78, 5) is 16.3. The highest BCUT2D eigenvalue weighted by Gasteiger charge is 2.20. The Morgan fingerprint density at radius 1 is 0.958 bits per heavy atom. The Bertz CT molecular complexity index is 724. The van der Waals surface area contributed by atoms with Gasteiger partial charge in [0.2, 0.25) is 0 Å². The molecule has 2 aromatic carbocycles. The van der Waals surface area contributed by atoms with Crippen molar-refractivity contribution >= 4 is 23.1 Å². The van der Waals surface area contributed by atoms with Crippen molar-refractivity contribution in [3.8, 4) is 0 Å². The number of nitrogens with one attached hydrogen (secondary N) is 1. The molecule has 0 unspecified atom stereocenters. The molecule has 2 amide bonds. The first-order valence-corrected chi connectivity index (χ1v) is 8.40. The average molecular weight is 323 g/mol. The van der Waals surface area contributed by atoms with Crippen LogP contribution in [0.1, 0.15) is 5.56 Å². The van der Waals surface area contributed by atoms with Crippen LogP contribution in [0.4, 0.5) is 21.9 Å². The Kier molecular flexibility index (Phi) is 4.09. The summed E-state index contributed by atoms with van der Waals surface area (Å²) in [6, 6.07) is 16.5. The summed E-state index contributed by atoms with van der Waals surface area (Å²) < 4.78 is 5.27. The minimum atomic E-state index is -0.0578. The SMILES string of the molecule is O=C(Nc1ccc(N2CCc3ccccc32)cc1)N1CCOCC1. The molecule has 2 aliphatic heterocycles. The van der Waals surface area contributed by atoms with E-state index in [1.54, 1.807) is 4.90 Å². The van der Waals surface area contributed by atoms with E-state index in [-0.39, 0.29) is 6.03 Å². The number of fused-ring (bicyclic) bond motifs is 1. The number of carbonyl (C=O) groups excluding carboxylic acids is 1. The van der Waals surface area contributed by atoms with E-state index in [0.29, 0.717) is 26.3 Å². The third kappa shape index (κ3) is 2.95. The number of nitrogens with zero attached hydrogens (tertiary/aromatic N) is 2. The van der Waals surface area contributed by atoms with Gasteiger partial charge in [-0.3, -0.25) is 0 Å². The maximum Gasteiger partial charge on any atom is 0.321 e. The molecular formula is C19H21N3O2. The zero-order valence-electron chi connectivity index (χ0n) is 13.6. The lowest BCUT2D eigenvalue weighted by Crippen LogP contribution is -2.43. The lowest BCUT2D eigenvalue weighted by Gasteiger charge is -2.27. The molecule has 5 heteroatoms. The first-order valence-electron chi connectivity index (χ1n) is 8.40. The Labute approximate surface area is 141 Å². The van der Waals surface area contributed by atoms with Gasteiger partial charge in [-0.2, -0.15) is 0 Å². The average Bonchev–Trinajstić information content (AvgIpc) is 3.07. The van der Waals surface area contributed by atoms with Crippen molar-refractivity contribution in [3.05, 3.63) is 54.1 Å². The van der Waals surface area contributed by atoms with Gasteiger partial charge in [0.25, 0.3) is 0 Å². The molecule has 24 heavy (non-hydrogen) atoms. The number of ether oxygens (including phenoxy) is 1. The second kappa shape index (κ2) is 6.53. The second-order valence-corrected chi connectivity index (χ2v) is 6.11. The van der Waals surface area contributed by atoms with Gasteiger partial charge in [-0.25, -0.2) is 4.79 Å². The number of morpholine rings is 1. The monoisotopic (exact) mass is 323 g/mol. The van der Waals surface area contributed by atoms with Gasteiger partial charge in [0.05, 0.1) is 13.2 Å². The molecule has 4 rings (SSSR count). The van der Waals surface area contributed by atoms with Crippen LogP contribution in [-0.4, -0.2) is 43.8 Å². The standard InChI is InChI=1S/C19H21N3O2/c23-19(21-11-13-24-14-12-21)20-16-5-7-17(8-6-16)22-10-9-15-3-1-2-4-18(15)22/h1-8H,9-14H2,(H,20,23). The van der Waals surface area contributed by atoms with Gasteiger partial charge in [-0.1, -0.05) is 18.2 Å². The van der Waals surface area contributed by atoms with Gasteiger partial charge in [-0.15, -0.1) is 0 Å². The summed E-state index contributed by atoms with van der Waals surface area (Å²) in [5.41, 5.74) is 4.65. The van der Waals surface area contributed by atoms with Crippen LogP contribution in [0.15, 0.2) is 48.5 Å². The van der Waals surface area contributed by atoms with Gasteiger partial charge < -0.3 is 19.9 Å². The van der Waals surface area contributed by atoms with Gasteiger partial charge in [0.1, 0.15) is 0 Å². The van der Waals surface area contributed by atoms with Gasteiger partial charge in [0, 0.05) is 36.7 Å². The van der Waals surface area contributed by atoms with E-state index in [1.807, 2.05) is 12.1 Å². The number of hydrogen-bond acceptors (Lipinski definition) is 3. The lowest BCUT2D eigenvalue weighted by atomic mass is 10.2. The summed E-state index contributed by atoms with van der Waals surface area (Å²) in [6.07, 6.45) is 1.08. The Balaban J connectivity index is 1.44. The maximum absolute atomic E-state index is 12.2. The van der Waals surface area contributed by atoms with Crippen LogP contribution < -0.4 is 10.2 Å². The zero-order valence-corrected chi connectivity index (χ0v) is 13.6. The molecule has 0 atom stereocenters. The van der Waals surface area contributed by atoms with Crippen molar-refractivity contribution < 1.29 is 9.53 Å². The number of anilines is 3. The fraction of sp³-hybridized carbons (Fsp3) is 0.316. The van der Waals surface area contributed by atoms with Crippen molar-refractivity contribution in [3.63, 3.8) is 0 Å². The maximum atomic E-state index is 12.2. The minimum absolute atomic E-state index is 0.0578. The summed E-state index contributed by atoms with van der Waals surface area (Å²) >= 11 is 0. The molecule has 1 fully saturated rings. The molecule has 1 saturated heterocycles. The Morgan fingerprint density at radius 2 is 1.71 bits per heavy atom. The van der Waals surface area contributed by atoms with E-state index in [4.69, 9.17) is 4.74 Å². The normalized spacial score (nSPS) is 16.8. The molecule has 1 N–H and O–H groups in total. The highest BCUT2D eigenvalue weighted by Crippen LogP contribution is 2.34. The number of rotatable bonds is 2. The van der Waals surface area contributed by atoms with Crippen molar-refractivity contribution in [1.82, 2.24) is 4.90 Å². The predicted octanol–water partition coefficient (Wildman–Crippen LogP) is 3.24. The molecular weight excluding hydrogens is 302 g/mol. The molecule has 124 valence electrons. The largest absolute Gasteiger partial charge is 0.378 e. The molecule has 0 radical (unpaired) electrons. The summed E-state index contributed by atoms with van der Waals surface area (Å²) in [5, 5.41) is 2.96. The van der Waals surface area contributed by atoms with Gasteiger partial charge in [-0.05, 0) is 42.3 Å². The topological polar surface area (TPSA) is 44.8 Å². The molecule has 2 heterocycles. The number of hydrogen-bond donors (Lipinski definition) is 1. The van der Waals surface area contributed by atoms with Crippen LogP contribution in [0.25, 0.3) is 0 Å². The number of benzene rings is 2. The minimum Gasteiger partial charge on any atom is -0.378 e. The summed E-state index contributed by atoms with van der Waals surface area (Å²) in [7, 11) is 0. The molecule has 0 saturated carbocycles. The van der Waals surface area contributed by atoms with Crippen LogP contribution in [0.3, 0.4) is 0 Å². The Hall–Kier alpha value is -2.53. The van der Waals surface area contributed by atoms with Crippen molar-refractivity contribution in [1.29, 1.82) is 0 Å². The molecule has 5 nitrogen and oxygen atoms in total. The van der Waals surface area contributed by atoms with E-state index in [0.717, 1.165) is 24.3 Å². The van der Waals surface area contributed by atoms with Crippen LogP contribution in [0.5, 0.6) is 0 Å². The molecule has 0 spiro atoms. The number of carbonyl (C=O) groups is 1. The van der Waals surface area contributed by atoms with E-state index in [1.165, 1.54) is 11.3 Å². The smallest absolute Gasteiger partial charge is 0.321 e. The van der Waals surface area contributed by atoms with E-state index in [9.17, 15) is 4.79 Å². The van der Waals surface area contributed by atoms with Crippen LogP contribution in [0, 0.1) is 0 Å². The highest BCUT2D eigenvalue weighted by molar-refractivity contribution is 5.89. The van der Waals surface area contributed by atoms with E-state index < -0.39 is 0 Å². The van der Waals surface area contributed by atoms with Crippen LogP contribution in [0.2, 0.25) is 0 Å². The van der Waals surface area contributed by atoms with E-state index >= 15 is 0 Å². The van der Waals surface area contributed by atoms with Crippen LogP contribution in [-0.2, 0) is 11.2 Å². The van der Waals surface area contributed by atoms with Crippen molar-refractivity contribution in [2.45, 2.75) is 6.42 Å². The van der Waals surface area contributed by atoms with Crippen molar-refractivity contribution in [2.24, 2.45) is 0 Å². The van der Waals surface area contributed by atoms with Crippen molar-refractivity contribution in [2.75, 3.05) is 43.1 Å². The highest BCUT2D eigenvalue weighted by atomic mass is 16.5. The van der Waals surface area contributed by atoms with Gasteiger partial charge in [0.15, 0.2) is 0 Å². The first-order chi connectivity index (χ1) is 11.8. The fourth-order valence-corrected chi connectivity index (χ4v) is 3.30. The predicted molar refractivity (Wildman–Crippen MR) is 95.0 cm³/mol. The van der Waals surface area contributed by atoms with E-state index in [2.05, 4.69) is 46.6 Å². The summed E-state index contributed by atoms with van der Waals surface area (Å²) in [5.74, 6) is 0. The number of para-hydroxylation sites is 1. The van der Waals surface area contributed by atoms with Gasteiger partial charge >= 0.3 is 6.03 Å². The summed E-state index contributed by atoms with van der Waals surface area (Å²) in [6.45, 7) is 3.52. The zero-order chi connectivity index (χ0) is 16.4. The third-order valence-corrected chi connectivity index (χ3v) is 4.62. The Morgan fingerprint density at radius 3 is 2.50 bits per heavy atom. The van der Waals surface area contributed by atoms with Crippen LogP contribution >= 0.6 is 0 Å². The lowest BCUT2D eigenvalue weighted by molar-refractivity contribution is 0.0564. The number of urea groups is 1. The quantitative estimate of drug-likeness (QED) is 0.923. The number of amides is 2. The molecule has 2 aromatic rings. The molecule has 0 aromatic heterocycles. The molecule has 0 aliphatic carbocycles. The fourth-order valence-electron chi connectivity index (χ4n) is 3.30. The molecule has 0 bridgehead atoms. The third-order valence-electron chi connectivity index (χ3n) is 4.62. The second-order valence-electron chi connectivity index (χ2n) is 6.11. The first kappa shape index (κ1) is 15.0.